The standard InChI is InChI=1S/C22H22F2N4S/c23-16-3-5-20-18(12-16)15(14-25-20)2-1-7-27-8-10-28(11-9-27)22-19-13-17(24)4-6-21(19)29-26-22/h3-6,12-14,25H,1-2,7-11H2. The van der Waals surface area contributed by atoms with Crippen molar-refractivity contribution in [1.82, 2.24) is 14.3 Å². The van der Waals surface area contributed by atoms with Gasteiger partial charge in [-0.2, -0.15) is 4.37 Å². The van der Waals surface area contributed by atoms with Crippen molar-refractivity contribution in [2.45, 2.75) is 12.8 Å². The number of aromatic nitrogens is 2. The van der Waals surface area contributed by atoms with Gasteiger partial charge in [0.15, 0.2) is 0 Å². The van der Waals surface area contributed by atoms with Crippen LogP contribution in [0.2, 0.25) is 0 Å². The Morgan fingerprint density at radius 1 is 0.966 bits per heavy atom. The summed E-state index contributed by atoms with van der Waals surface area (Å²) >= 11 is 1.43. The number of hydrogen-bond acceptors (Lipinski definition) is 4. The predicted molar refractivity (Wildman–Crippen MR) is 115 cm³/mol. The van der Waals surface area contributed by atoms with Gasteiger partial charge in [0.25, 0.3) is 0 Å². The van der Waals surface area contributed by atoms with Gasteiger partial charge in [-0.25, -0.2) is 8.78 Å². The fraction of sp³-hybridized carbons (Fsp3) is 0.318. The van der Waals surface area contributed by atoms with Crippen molar-refractivity contribution in [3.8, 4) is 0 Å². The molecule has 0 spiro atoms. The number of aromatic amines is 1. The van der Waals surface area contributed by atoms with Crippen molar-refractivity contribution in [3.63, 3.8) is 0 Å². The monoisotopic (exact) mass is 412 g/mol. The number of rotatable bonds is 5. The maximum atomic E-state index is 13.6. The van der Waals surface area contributed by atoms with Crippen molar-refractivity contribution in [2.75, 3.05) is 37.6 Å². The number of H-pyrrole nitrogens is 1. The minimum atomic E-state index is -0.213. The van der Waals surface area contributed by atoms with Crippen LogP contribution in [0.4, 0.5) is 14.6 Å². The summed E-state index contributed by atoms with van der Waals surface area (Å²) in [6, 6.07) is 9.78. The summed E-state index contributed by atoms with van der Waals surface area (Å²) < 4.78 is 32.7. The summed E-state index contributed by atoms with van der Waals surface area (Å²) in [5, 5.41) is 1.90. The van der Waals surface area contributed by atoms with E-state index in [1.54, 1.807) is 24.3 Å². The van der Waals surface area contributed by atoms with Gasteiger partial charge in [-0.3, -0.25) is 4.90 Å². The van der Waals surface area contributed by atoms with Crippen LogP contribution < -0.4 is 4.90 Å². The van der Waals surface area contributed by atoms with E-state index in [2.05, 4.69) is 19.2 Å². The van der Waals surface area contributed by atoms with Gasteiger partial charge in [0.05, 0.1) is 4.70 Å². The number of nitrogens with zero attached hydrogens (tertiary/aromatic N) is 3. The smallest absolute Gasteiger partial charge is 0.150 e. The van der Waals surface area contributed by atoms with E-state index in [0.29, 0.717) is 0 Å². The van der Waals surface area contributed by atoms with Crippen LogP contribution in [0.15, 0.2) is 42.6 Å². The lowest BCUT2D eigenvalue weighted by Gasteiger charge is -2.35. The van der Waals surface area contributed by atoms with Crippen LogP contribution in [-0.4, -0.2) is 47.0 Å². The lowest BCUT2D eigenvalue weighted by atomic mass is 10.1. The molecule has 1 saturated heterocycles. The summed E-state index contributed by atoms with van der Waals surface area (Å²) in [7, 11) is 0. The third kappa shape index (κ3) is 3.72. The highest BCUT2D eigenvalue weighted by Gasteiger charge is 2.21. The van der Waals surface area contributed by atoms with Crippen LogP contribution in [0, 0.1) is 11.6 Å². The largest absolute Gasteiger partial charge is 0.361 e. The number of halogens is 2. The topological polar surface area (TPSA) is 35.2 Å². The van der Waals surface area contributed by atoms with Crippen molar-refractivity contribution >= 4 is 38.3 Å². The van der Waals surface area contributed by atoms with Crippen LogP contribution in [0.25, 0.3) is 21.0 Å². The van der Waals surface area contributed by atoms with Crippen molar-refractivity contribution in [1.29, 1.82) is 0 Å². The second kappa shape index (κ2) is 7.72. The van der Waals surface area contributed by atoms with Gasteiger partial charge in [0, 0.05) is 48.7 Å². The zero-order valence-electron chi connectivity index (χ0n) is 16.0. The molecule has 1 aliphatic heterocycles. The highest BCUT2D eigenvalue weighted by Crippen LogP contribution is 2.30. The van der Waals surface area contributed by atoms with E-state index in [1.807, 2.05) is 6.20 Å². The average molecular weight is 413 g/mol. The summed E-state index contributed by atoms with van der Waals surface area (Å²) in [5.74, 6) is 0.503. The van der Waals surface area contributed by atoms with E-state index in [9.17, 15) is 8.78 Å². The molecule has 0 unspecified atom stereocenters. The van der Waals surface area contributed by atoms with E-state index < -0.39 is 0 Å². The second-order valence-corrected chi connectivity index (χ2v) is 8.39. The first kappa shape index (κ1) is 18.5. The molecule has 0 bridgehead atoms. The molecule has 4 nitrogen and oxygen atoms in total. The molecule has 3 heterocycles. The van der Waals surface area contributed by atoms with Crippen LogP contribution >= 0.6 is 11.5 Å². The minimum absolute atomic E-state index is 0.191. The molecule has 5 rings (SSSR count). The number of anilines is 1. The molecule has 7 heteroatoms. The zero-order chi connectivity index (χ0) is 19.8. The van der Waals surface area contributed by atoms with E-state index in [4.69, 9.17) is 0 Å². The number of hydrogen-bond donors (Lipinski definition) is 1. The molecule has 2 aromatic carbocycles. The Hall–Kier alpha value is -2.51. The number of piperazine rings is 1. The van der Waals surface area contributed by atoms with Gasteiger partial charge in [-0.05, 0) is 72.9 Å². The molecular formula is C22H22F2N4S. The van der Waals surface area contributed by atoms with Gasteiger partial charge in [0.2, 0.25) is 0 Å². The van der Waals surface area contributed by atoms with Crippen LogP contribution in [0.3, 0.4) is 0 Å². The summed E-state index contributed by atoms with van der Waals surface area (Å²) in [4.78, 5) is 7.94. The van der Waals surface area contributed by atoms with E-state index in [-0.39, 0.29) is 11.6 Å². The van der Waals surface area contributed by atoms with E-state index in [1.165, 1.54) is 29.2 Å². The fourth-order valence-electron chi connectivity index (χ4n) is 4.16. The zero-order valence-corrected chi connectivity index (χ0v) is 16.8. The van der Waals surface area contributed by atoms with Crippen molar-refractivity contribution in [2.24, 2.45) is 0 Å². The lowest BCUT2D eigenvalue weighted by Crippen LogP contribution is -2.46. The highest BCUT2D eigenvalue weighted by molar-refractivity contribution is 7.13. The van der Waals surface area contributed by atoms with Gasteiger partial charge in [-0.15, -0.1) is 0 Å². The molecule has 1 aliphatic rings. The summed E-state index contributed by atoms with van der Waals surface area (Å²) in [6.45, 7) is 4.75. The van der Waals surface area contributed by atoms with Crippen molar-refractivity contribution < 1.29 is 8.78 Å². The number of fused-ring (bicyclic) bond motifs is 2. The van der Waals surface area contributed by atoms with Crippen LogP contribution in [0.5, 0.6) is 0 Å². The van der Waals surface area contributed by atoms with Gasteiger partial charge < -0.3 is 9.88 Å². The Labute approximate surface area is 171 Å². The first-order valence-electron chi connectivity index (χ1n) is 9.95. The molecule has 0 saturated carbocycles. The maximum absolute atomic E-state index is 13.6. The molecule has 0 atom stereocenters. The number of benzene rings is 2. The Morgan fingerprint density at radius 3 is 2.55 bits per heavy atom. The van der Waals surface area contributed by atoms with Crippen molar-refractivity contribution in [3.05, 3.63) is 59.8 Å². The highest BCUT2D eigenvalue weighted by atomic mass is 32.1. The van der Waals surface area contributed by atoms with Gasteiger partial charge in [-0.1, -0.05) is 0 Å². The van der Waals surface area contributed by atoms with Gasteiger partial charge >= 0.3 is 0 Å². The van der Waals surface area contributed by atoms with Crippen LogP contribution in [-0.2, 0) is 6.42 Å². The summed E-state index contributed by atoms with van der Waals surface area (Å²) in [5.41, 5.74) is 2.16. The maximum Gasteiger partial charge on any atom is 0.150 e. The number of aryl methyl sites for hydroxylation is 1. The average Bonchev–Trinajstić information content (AvgIpc) is 3.32. The SMILES string of the molecule is Fc1ccc2[nH]cc(CCCN3CCN(c4nsc5ccc(F)cc45)CC3)c2c1. The fourth-order valence-corrected chi connectivity index (χ4v) is 4.94. The third-order valence-electron chi connectivity index (χ3n) is 5.73. The normalized spacial score (nSPS) is 15.6. The van der Waals surface area contributed by atoms with Crippen LogP contribution in [0.1, 0.15) is 12.0 Å². The predicted octanol–water partition coefficient (Wildman–Crippen LogP) is 4.81. The molecule has 29 heavy (non-hydrogen) atoms. The van der Waals surface area contributed by atoms with E-state index >= 15 is 0 Å². The van der Waals surface area contributed by atoms with Gasteiger partial charge in [0.1, 0.15) is 17.5 Å². The minimum Gasteiger partial charge on any atom is -0.361 e. The Bertz CT molecular complexity index is 1140. The molecule has 1 N–H and O–H groups in total. The molecule has 0 amide bonds. The first-order valence-corrected chi connectivity index (χ1v) is 10.7. The quantitative estimate of drug-likeness (QED) is 0.511. The molecule has 150 valence electrons. The summed E-state index contributed by atoms with van der Waals surface area (Å²) in [6.07, 6.45) is 3.96. The second-order valence-electron chi connectivity index (χ2n) is 7.58. The van der Waals surface area contributed by atoms with E-state index in [0.717, 1.165) is 72.4 Å². The molecule has 0 aliphatic carbocycles. The Morgan fingerprint density at radius 2 is 1.72 bits per heavy atom. The lowest BCUT2D eigenvalue weighted by molar-refractivity contribution is 0.255. The Balaban J connectivity index is 1.17. The molecule has 2 aromatic heterocycles. The first-order chi connectivity index (χ1) is 14.2. The number of nitrogens with one attached hydrogen (secondary N) is 1. The molecule has 0 radical (unpaired) electrons. The third-order valence-corrected chi connectivity index (χ3v) is 6.55. The molecule has 4 aromatic rings. The molecule has 1 fully saturated rings. The Kier molecular flexibility index (Phi) is 4.93. The molecular weight excluding hydrogens is 390 g/mol.